The number of aryl methyl sites for hydroxylation is 2. The molecule has 0 bridgehead atoms. The van der Waals surface area contributed by atoms with Gasteiger partial charge in [-0.25, -0.2) is 0 Å². The van der Waals surface area contributed by atoms with E-state index in [2.05, 4.69) is 10.4 Å². The predicted octanol–water partition coefficient (Wildman–Crippen LogP) is 1.76. The Balaban J connectivity index is 1.97. The summed E-state index contributed by atoms with van der Waals surface area (Å²) in [5, 5.41) is 8.49. The molecule has 0 aromatic carbocycles. The van der Waals surface area contributed by atoms with Crippen LogP contribution in [-0.4, -0.2) is 22.9 Å². The van der Waals surface area contributed by atoms with Crippen molar-refractivity contribution in [2.24, 2.45) is 5.92 Å². The zero-order valence-corrected chi connectivity index (χ0v) is 9.43. The number of nitrogens with one attached hydrogen (secondary N) is 1. The Labute approximate surface area is 89.4 Å². The first-order valence-corrected chi connectivity index (χ1v) is 5.46. The van der Waals surface area contributed by atoms with Crippen LogP contribution in [0.25, 0.3) is 0 Å². The van der Waals surface area contributed by atoms with Crippen LogP contribution < -0.4 is 5.32 Å². The van der Waals surface area contributed by atoms with E-state index in [1.165, 1.54) is 6.42 Å². The number of halogens is 1. The fourth-order valence-electron chi connectivity index (χ4n) is 1.75. The van der Waals surface area contributed by atoms with E-state index in [4.69, 9.17) is 11.6 Å². The summed E-state index contributed by atoms with van der Waals surface area (Å²) in [4.78, 5) is 0. The SMILES string of the molecule is Cc1nn(CCC2CNC2)c(C)c1Cl. The Hall–Kier alpha value is -0.540. The van der Waals surface area contributed by atoms with Crippen LogP contribution in [0.15, 0.2) is 0 Å². The first kappa shape index (κ1) is 9.99. The molecule has 4 heteroatoms. The minimum Gasteiger partial charge on any atom is -0.316 e. The summed E-state index contributed by atoms with van der Waals surface area (Å²) in [5.74, 6) is 0.831. The Morgan fingerprint density at radius 2 is 2.21 bits per heavy atom. The number of nitrogens with zero attached hydrogens (tertiary/aromatic N) is 2. The van der Waals surface area contributed by atoms with E-state index in [1.54, 1.807) is 0 Å². The van der Waals surface area contributed by atoms with Crippen molar-refractivity contribution in [2.75, 3.05) is 13.1 Å². The molecule has 1 aromatic heterocycles. The molecule has 1 saturated heterocycles. The number of hydrogen-bond acceptors (Lipinski definition) is 2. The average Bonchev–Trinajstić information content (AvgIpc) is 2.31. The maximum atomic E-state index is 6.07. The van der Waals surface area contributed by atoms with Gasteiger partial charge in [0.05, 0.1) is 16.4 Å². The van der Waals surface area contributed by atoms with Gasteiger partial charge in [0, 0.05) is 6.54 Å². The highest BCUT2D eigenvalue weighted by atomic mass is 35.5. The van der Waals surface area contributed by atoms with Gasteiger partial charge < -0.3 is 5.32 Å². The van der Waals surface area contributed by atoms with E-state index in [0.29, 0.717) is 0 Å². The number of hydrogen-bond donors (Lipinski definition) is 1. The summed E-state index contributed by atoms with van der Waals surface area (Å²) in [6, 6.07) is 0. The zero-order chi connectivity index (χ0) is 10.1. The highest BCUT2D eigenvalue weighted by Crippen LogP contribution is 2.20. The lowest BCUT2D eigenvalue weighted by atomic mass is 10.00. The summed E-state index contributed by atoms with van der Waals surface area (Å²) in [6.45, 7) is 7.30. The molecule has 0 unspecified atom stereocenters. The molecule has 3 nitrogen and oxygen atoms in total. The zero-order valence-electron chi connectivity index (χ0n) is 8.68. The molecule has 0 radical (unpaired) electrons. The van der Waals surface area contributed by atoms with Crippen LogP contribution in [0.1, 0.15) is 17.8 Å². The quantitative estimate of drug-likeness (QED) is 0.830. The molecule has 14 heavy (non-hydrogen) atoms. The Morgan fingerprint density at radius 3 is 2.64 bits per heavy atom. The molecule has 1 aliphatic rings. The largest absolute Gasteiger partial charge is 0.316 e. The van der Waals surface area contributed by atoms with Gasteiger partial charge in [0.1, 0.15) is 0 Å². The van der Waals surface area contributed by atoms with E-state index in [0.717, 1.165) is 42.0 Å². The highest BCUT2D eigenvalue weighted by Gasteiger charge is 2.17. The maximum absolute atomic E-state index is 6.07. The summed E-state index contributed by atoms with van der Waals surface area (Å²) in [5.41, 5.74) is 2.03. The van der Waals surface area contributed by atoms with Crippen molar-refractivity contribution in [3.05, 3.63) is 16.4 Å². The van der Waals surface area contributed by atoms with Crippen LogP contribution in [0.3, 0.4) is 0 Å². The second-order valence-corrected chi connectivity index (χ2v) is 4.40. The molecule has 0 atom stereocenters. The van der Waals surface area contributed by atoms with Gasteiger partial charge >= 0.3 is 0 Å². The van der Waals surface area contributed by atoms with Crippen molar-refractivity contribution in [3.63, 3.8) is 0 Å². The smallest absolute Gasteiger partial charge is 0.0844 e. The van der Waals surface area contributed by atoms with Crippen molar-refractivity contribution in [2.45, 2.75) is 26.8 Å². The first-order chi connectivity index (χ1) is 6.68. The maximum Gasteiger partial charge on any atom is 0.0844 e. The molecule has 1 N–H and O–H groups in total. The summed E-state index contributed by atoms with van der Waals surface area (Å²) >= 11 is 6.07. The van der Waals surface area contributed by atoms with Crippen LogP contribution in [0.5, 0.6) is 0 Å². The molecule has 2 rings (SSSR count). The van der Waals surface area contributed by atoms with Crippen LogP contribution in [-0.2, 0) is 6.54 Å². The van der Waals surface area contributed by atoms with Crippen molar-refractivity contribution >= 4 is 11.6 Å². The molecule has 0 spiro atoms. The molecule has 0 amide bonds. The summed E-state index contributed by atoms with van der Waals surface area (Å²) in [7, 11) is 0. The average molecular weight is 214 g/mol. The lowest BCUT2D eigenvalue weighted by Gasteiger charge is -2.26. The molecule has 0 aliphatic carbocycles. The lowest BCUT2D eigenvalue weighted by molar-refractivity contribution is 0.305. The summed E-state index contributed by atoms with van der Waals surface area (Å²) < 4.78 is 2.02. The monoisotopic (exact) mass is 213 g/mol. The van der Waals surface area contributed by atoms with Gasteiger partial charge in [-0.1, -0.05) is 11.6 Å². The van der Waals surface area contributed by atoms with Crippen LogP contribution in [0.2, 0.25) is 5.02 Å². The van der Waals surface area contributed by atoms with Gasteiger partial charge in [-0.15, -0.1) is 0 Å². The molecule has 78 valence electrons. The first-order valence-electron chi connectivity index (χ1n) is 5.08. The highest BCUT2D eigenvalue weighted by molar-refractivity contribution is 6.31. The minimum absolute atomic E-state index is 0.816. The van der Waals surface area contributed by atoms with E-state index in [9.17, 15) is 0 Å². The fourth-order valence-corrected chi connectivity index (χ4v) is 1.89. The molecule has 1 aliphatic heterocycles. The molecular weight excluding hydrogens is 198 g/mol. The van der Waals surface area contributed by atoms with E-state index < -0.39 is 0 Å². The Bertz CT molecular complexity index is 328. The predicted molar refractivity (Wildman–Crippen MR) is 57.7 cm³/mol. The molecule has 1 fully saturated rings. The van der Waals surface area contributed by atoms with Crippen LogP contribution in [0.4, 0.5) is 0 Å². The minimum atomic E-state index is 0.816. The standard InChI is InChI=1S/C10H16ClN3/c1-7-10(11)8(2)14(13-7)4-3-9-5-12-6-9/h9,12H,3-6H2,1-2H3. The van der Waals surface area contributed by atoms with Gasteiger partial charge in [-0.2, -0.15) is 5.10 Å². The second-order valence-electron chi connectivity index (χ2n) is 4.02. The Kier molecular flexibility index (Phi) is 2.79. The Morgan fingerprint density at radius 1 is 1.50 bits per heavy atom. The van der Waals surface area contributed by atoms with Crippen LogP contribution >= 0.6 is 11.6 Å². The second kappa shape index (κ2) is 3.91. The van der Waals surface area contributed by atoms with Crippen molar-refractivity contribution < 1.29 is 0 Å². The van der Waals surface area contributed by atoms with Gasteiger partial charge in [0.2, 0.25) is 0 Å². The third-order valence-electron chi connectivity index (χ3n) is 2.91. The number of rotatable bonds is 3. The van der Waals surface area contributed by atoms with Gasteiger partial charge in [-0.05, 0) is 39.3 Å². The third-order valence-corrected chi connectivity index (χ3v) is 3.46. The van der Waals surface area contributed by atoms with E-state index in [-0.39, 0.29) is 0 Å². The normalized spacial score (nSPS) is 17.1. The summed E-state index contributed by atoms with van der Waals surface area (Å²) in [6.07, 6.45) is 1.20. The van der Waals surface area contributed by atoms with E-state index in [1.807, 2.05) is 18.5 Å². The number of aromatic nitrogens is 2. The van der Waals surface area contributed by atoms with Gasteiger partial charge in [-0.3, -0.25) is 4.68 Å². The lowest BCUT2D eigenvalue weighted by Crippen LogP contribution is -2.42. The molecule has 0 saturated carbocycles. The fraction of sp³-hybridized carbons (Fsp3) is 0.700. The van der Waals surface area contributed by atoms with Crippen molar-refractivity contribution in [1.82, 2.24) is 15.1 Å². The molecular formula is C10H16ClN3. The van der Waals surface area contributed by atoms with Crippen molar-refractivity contribution in [1.29, 1.82) is 0 Å². The van der Waals surface area contributed by atoms with E-state index >= 15 is 0 Å². The molecule has 2 heterocycles. The third kappa shape index (κ3) is 1.79. The van der Waals surface area contributed by atoms with Crippen molar-refractivity contribution in [3.8, 4) is 0 Å². The molecule has 1 aromatic rings. The van der Waals surface area contributed by atoms with Gasteiger partial charge in [0.25, 0.3) is 0 Å². The van der Waals surface area contributed by atoms with Gasteiger partial charge in [0.15, 0.2) is 0 Å². The topological polar surface area (TPSA) is 29.9 Å². The van der Waals surface area contributed by atoms with Crippen LogP contribution in [0, 0.1) is 19.8 Å².